The van der Waals surface area contributed by atoms with E-state index in [0.29, 0.717) is 12.5 Å². The lowest BCUT2D eigenvalue weighted by Crippen LogP contribution is -2.33. The van der Waals surface area contributed by atoms with Crippen LogP contribution in [0, 0.1) is 6.92 Å². The summed E-state index contributed by atoms with van der Waals surface area (Å²) >= 11 is 0. The lowest BCUT2D eigenvalue weighted by atomic mass is 10.1. The number of nitrogens with zero attached hydrogens (tertiary/aromatic N) is 1. The van der Waals surface area contributed by atoms with Crippen molar-refractivity contribution in [1.82, 2.24) is 5.32 Å². The molecule has 0 saturated heterocycles. The molecule has 3 heteroatoms. The van der Waals surface area contributed by atoms with Crippen LogP contribution >= 0.6 is 0 Å². The molecule has 0 amide bonds. The quantitative estimate of drug-likeness (QED) is 0.632. The summed E-state index contributed by atoms with van der Waals surface area (Å²) in [6.07, 6.45) is 1.87. The number of nitrogens with one attached hydrogen (secondary N) is 1. The maximum Gasteiger partial charge on any atom is 0.188 e. The molecule has 2 aromatic rings. The molecule has 3 nitrogen and oxygen atoms in total. The highest BCUT2D eigenvalue weighted by atomic mass is 15.1. The van der Waals surface area contributed by atoms with E-state index in [0.717, 1.165) is 19.4 Å². The molecule has 0 aliphatic rings. The predicted octanol–water partition coefficient (Wildman–Crippen LogP) is 2.68. The molecular weight excluding hydrogens is 258 g/mol. The third-order valence-electron chi connectivity index (χ3n) is 3.33. The van der Waals surface area contributed by atoms with E-state index in [1.54, 1.807) is 0 Å². The van der Waals surface area contributed by atoms with Crippen molar-refractivity contribution in [2.45, 2.75) is 19.8 Å². The zero-order chi connectivity index (χ0) is 14.9. The van der Waals surface area contributed by atoms with Crippen LogP contribution in [0.3, 0.4) is 0 Å². The van der Waals surface area contributed by atoms with Gasteiger partial charge in [-0.2, -0.15) is 0 Å². The Balaban J connectivity index is 1.69. The van der Waals surface area contributed by atoms with Crippen molar-refractivity contribution in [3.05, 3.63) is 71.3 Å². The summed E-state index contributed by atoms with van der Waals surface area (Å²) in [5.74, 6) is 0.526. The first-order valence-electron chi connectivity index (χ1n) is 7.37. The lowest BCUT2D eigenvalue weighted by Gasteiger charge is -2.06. The number of aliphatic imine (C=N–C) groups is 1. The molecular formula is C18H23N3. The topological polar surface area (TPSA) is 50.4 Å². The second-order valence-electron chi connectivity index (χ2n) is 5.17. The summed E-state index contributed by atoms with van der Waals surface area (Å²) in [6, 6.07) is 18.9. The lowest BCUT2D eigenvalue weighted by molar-refractivity contribution is 0.843. The summed E-state index contributed by atoms with van der Waals surface area (Å²) in [5.41, 5.74) is 9.76. The fourth-order valence-electron chi connectivity index (χ4n) is 2.21. The molecule has 0 radical (unpaired) electrons. The van der Waals surface area contributed by atoms with Crippen LogP contribution in [0.15, 0.2) is 59.6 Å². The molecule has 0 aliphatic heterocycles. The molecule has 0 saturated carbocycles. The van der Waals surface area contributed by atoms with Gasteiger partial charge in [0.25, 0.3) is 0 Å². The first-order chi connectivity index (χ1) is 10.2. The van der Waals surface area contributed by atoms with Gasteiger partial charge < -0.3 is 11.1 Å². The van der Waals surface area contributed by atoms with Gasteiger partial charge in [0.1, 0.15) is 0 Å². The summed E-state index contributed by atoms with van der Waals surface area (Å²) in [5, 5.41) is 3.16. The molecule has 0 atom stereocenters. The summed E-state index contributed by atoms with van der Waals surface area (Å²) in [7, 11) is 0. The van der Waals surface area contributed by atoms with Crippen molar-refractivity contribution in [3.63, 3.8) is 0 Å². The molecule has 0 aliphatic carbocycles. The van der Waals surface area contributed by atoms with Gasteiger partial charge in [0.05, 0.1) is 0 Å². The van der Waals surface area contributed by atoms with E-state index in [1.807, 2.05) is 18.2 Å². The molecule has 2 rings (SSSR count). The number of hydrogen-bond donors (Lipinski definition) is 2. The van der Waals surface area contributed by atoms with E-state index in [9.17, 15) is 0 Å². The molecule has 2 aromatic carbocycles. The highest BCUT2D eigenvalue weighted by Crippen LogP contribution is 2.03. The van der Waals surface area contributed by atoms with Crippen LogP contribution in [0.4, 0.5) is 0 Å². The van der Waals surface area contributed by atoms with Crippen molar-refractivity contribution >= 4 is 5.96 Å². The van der Waals surface area contributed by atoms with Gasteiger partial charge in [-0.3, -0.25) is 4.99 Å². The molecule has 21 heavy (non-hydrogen) atoms. The van der Waals surface area contributed by atoms with Gasteiger partial charge in [-0.25, -0.2) is 0 Å². The van der Waals surface area contributed by atoms with Crippen molar-refractivity contribution in [1.29, 1.82) is 0 Å². The molecule has 0 bridgehead atoms. The van der Waals surface area contributed by atoms with E-state index in [2.05, 4.69) is 53.6 Å². The largest absolute Gasteiger partial charge is 0.370 e. The summed E-state index contributed by atoms with van der Waals surface area (Å²) < 4.78 is 0. The molecule has 110 valence electrons. The van der Waals surface area contributed by atoms with Gasteiger partial charge in [0.2, 0.25) is 0 Å². The fraction of sp³-hybridized carbons (Fsp3) is 0.278. The second kappa shape index (κ2) is 8.10. The third kappa shape index (κ3) is 5.69. The van der Waals surface area contributed by atoms with Gasteiger partial charge in [0, 0.05) is 13.1 Å². The molecule has 0 heterocycles. The number of aryl methyl sites for hydroxylation is 1. The number of benzene rings is 2. The Hall–Kier alpha value is -2.29. The smallest absolute Gasteiger partial charge is 0.188 e. The van der Waals surface area contributed by atoms with Crippen LogP contribution in [0.25, 0.3) is 0 Å². The maximum atomic E-state index is 5.87. The second-order valence-corrected chi connectivity index (χ2v) is 5.17. The Morgan fingerprint density at radius 1 is 1.00 bits per heavy atom. The standard InChI is InChI=1S/C18H23N3/c1-15-6-5-9-17(14-15)11-13-21-18(19)20-12-10-16-7-3-2-4-8-16/h2-9,14H,10-13H2,1H3,(H3,19,20,21). The van der Waals surface area contributed by atoms with Crippen molar-refractivity contribution < 1.29 is 0 Å². The highest BCUT2D eigenvalue weighted by Gasteiger charge is 1.95. The highest BCUT2D eigenvalue weighted by molar-refractivity contribution is 5.77. The van der Waals surface area contributed by atoms with E-state index in [1.165, 1.54) is 16.7 Å². The van der Waals surface area contributed by atoms with Crippen LogP contribution < -0.4 is 11.1 Å². The zero-order valence-electron chi connectivity index (χ0n) is 12.5. The van der Waals surface area contributed by atoms with Crippen molar-refractivity contribution in [2.75, 3.05) is 13.1 Å². The molecule has 3 N–H and O–H groups in total. The molecule has 0 spiro atoms. The minimum Gasteiger partial charge on any atom is -0.370 e. The maximum absolute atomic E-state index is 5.87. The first kappa shape index (κ1) is 15.1. The van der Waals surface area contributed by atoms with Gasteiger partial charge >= 0.3 is 0 Å². The monoisotopic (exact) mass is 281 g/mol. The number of guanidine groups is 1. The van der Waals surface area contributed by atoms with Crippen LogP contribution in [0.2, 0.25) is 0 Å². The Morgan fingerprint density at radius 2 is 1.76 bits per heavy atom. The number of rotatable bonds is 6. The Labute approximate surface area is 126 Å². The SMILES string of the molecule is Cc1cccc(CCNC(N)=NCCc2ccccc2)c1. The van der Waals surface area contributed by atoms with E-state index < -0.39 is 0 Å². The minimum atomic E-state index is 0.526. The Bertz CT molecular complexity index is 576. The zero-order valence-corrected chi connectivity index (χ0v) is 12.5. The first-order valence-corrected chi connectivity index (χ1v) is 7.37. The Kier molecular flexibility index (Phi) is 5.83. The van der Waals surface area contributed by atoms with Crippen LogP contribution in [-0.2, 0) is 12.8 Å². The number of nitrogens with two attached hydrogens (primary N) is 1. The van der Waals surface area contributed by atoms with Gasteiger partial charge in [0.15, 0.2) is 5.96 Å². The fourth-order valence-corrected chi connectivity index (χ4v) is 2.21. The minimum absolute atomic E-state index is 0.526. The molecule has 0 aromatic heterocycles. The average molecular weight is 281 g/mol. The normalized spacial score (nSPS) is 11.4. The number of hydrogen-bond acceptors (Lipinski definition) is 1. The van der Waals surface area contributed by atoms with E-state index in [-0.39, 0.29) is 0 Å². The van der Waals surface area contributed by atoms with Crippen molar-refractivity contribution in [3.8, 4) is 0 Å². The predicted molar refractivity (Wildman–Crippen MR) is 89.5 cm³/mol. The van der Waals surface area contributed by atoms with Crippen LogP contribution in [0.1, 0.15) is 16.7 Å². The summed E-state index contributed by atoms with van der Waals surface area (Å²) in [4.78, 5) is 4.35. The Morgan fingerprint density at radius 3 is 2.52 bits per heavy atom. The van der Waals surface area contributed by atoms with E-state index >= 15 is 0 Å². The van der Waals surface area contributed by atoms with E-state index in [4.69, 9.17) is 5.73 Å². The summed E-state index contributed by atoms with van der Waals surface area (Å²) in [6.45, 7) is 3.63. The van der Waals surface area contributed by atoms with Gasteiger partial charge in [-0.1, -0.05) is 60.2 Å². The molecule has 0 unspecified atom stereocenters. The van der Waals surface area contributed by atoms with Gasteiger partial charge in [-0.05, 0) is 30.9 Å². The molecule has 0 fully saturated rings. The van der Waals surface area contributed by atoms with Gasteiger partial charge in [-0.15, -0.1) is 0 Å². The van der Waals surface area contributed by atoms with Crippen LogP contribution in [0.5, 0.6) is 0 Å². The average Bonchev–Trinajstić information content (AvgIpc) is 2.48. The third-order valence-corrected chi connectivity index (χ3v) is 3.33. The van der Waals surface area contributed by atoms with Crippen LogP contribution in [-0.4, -0.2) is 19.0 Å². The van der Waals surface area contributed by atoms with Crippen molar-refractivity contribution in [2.24, 2.45) is 10.7 Å².